The smallest absolute Gasteiger partial charge is 0.348 e. The van der Waals surface area contributed by atoms with E-state index in [-0.39, 0.29) is 13.0 Å². The van der Waals surface area contributed by atoms with Gasteiger partial charge in [0.2, 0.25) is 12.5 Å². The Bertz CT molecular complexity index is 1030. The number of hydrogen-bond donors (Lipinski definition) is 1. The number of carbonyl (C=O) groups excluding carboxylic acids is 1. The van der Waals surface area contributed by atoms with Crippen LogP contribution in [0, 0.1) is 18.3 Å². The third-order valence-electron chi connectivity index (χ3n) is 5.29. The van der Waals surface area contributed by atoms with Crippen molar-refractivity contribution >= 4 is 22.3 Å². The third kappa shape index (κ3) is 3.05. The van der Waals surface area contributed by atoms with E-state index in [9.17, 15) is 10.1 Å². The van der Waals surface area contributed by atoms with Crippen LogP contribution < -0.4 is 19.5 Å². The SMILES string of the molecule is COC(=O)c1sc(N[C@H]2c3c(cc4c(c3OC)OCO4)CCN2C)c(C#N)c1C. The van der Waals surface area contributed by atoms with Crippen molar-refractivity contribution in [1.29, 1.82) is 5.26 Å². The first-order valence-electron chi connectivity index (χ1n) is 9.08. The monoisotopic (exact) mass is 415 g/mol. The van der Waals surface area contributed by atoms with Gasteiger partial charge in [0.1, 0.15) is 22.1 Å². The van der Waals surface area contributed by atoms with Gasteiger partial charge in [0.25, 0.3) is 0 Å². The van der Waals surface area contributed by atoms with Gasteiger partial charge in [-0.1, -0.05) is 0 Å². The van der Waals surface area contributed by atoms with Crippen LogP contribution >= 0.6 is 11.3 Å². The van der Waals surface area contributed by atoms with Crippen LogP contribution in [0.25, 0.3) is 0 Å². The number of esters is 1. The summed E-state index contributed by atoms with van der Waals surface area (Å²) in [5.41, 5.74) is 3.10. The molecule has 1 atom stereocenters. The Morgan fingerprint density at radius 1 is 1.41 bits per heavy atom. The predicted molar refractivity (Wildman–Crippen MR) is 107 cm³/mol. The van der Waals surface area contributed by atoms with Crippen molar-refractivity contribution < 1.29 is 23.7 Å². The topological polar surface area (TPSA) is 93.1 Å². The number of hydrogen-bond acceptors (Lipinski definition) is 9. The van der Waals surface area contributed by atoms with Crippen LogP contribution in [-0.4, -0.2) is 45.5 Å². The molecule has 0 saturated carbocycles. The van der Waals surface area contributed by atoms with Gasteiger partial charge < -0.3 is 24.3 Å². The lowest BCUT2D eigenvalue weighted by atomic mass is 9.95. The van der Waals surface area contributed by atoms with Crippen molar-refractivity contribution in [2.45, 2.75) is 19.5 Å². The number of likely N-dealkylation sites (N-methyl/N-ethyl adjacent to an activating group) is 1. The highest BCUT2D eigenvalue weighted by Crippen LogP contribution is 2.50. The molecule has 0 unspecified atom stereocenters. The van der Waals surface area contributed by atoms with E-state index in [1.807, 2.05) is 13.1 Å². The maximum absolute atomic E-state index is 12.1. The van der Waals surface area contributed by atoms with E-state index in [4.69, 9.17) is 18.9 Å². The van der Waals surface area contributed by atoms with E-state index in [1.165, 1.54) is 18.4 Å². The molecule has 1 aromatic heterocycles. The van der Waals surface area contributed by atoms with Crippen molar-refractivity contribution in [2.24, 2.45) is 0 Å². The van der Waals surface area contributed by atoms with Crippen LogP contribution in [0.5, 0.6) is 17.2 Å². The first-order valence-corrected chi connectivity index (χ1v) is 9.89. The van der Waals surface area contributed by atoms with Gasteiger partial charge in [0.15, 0.2) is 11.5 Å². The lowest BCUT2D eigenvalue weighted by molar-refractivity contribution is 0.0605. The maximum Gasteiger partial charge on any atom is 0.348 e. The molecule has 4 rings (SSSR count). The van der Waals surface area contributed by atoms with Crippen LogP contribution in [0.4, 0.5) is 5.00 Å². The molecule has 29 heavy (non-hydrogen) atoms. The number of benzene rings is 1. The lowest BCUT2D eigenvalue weighted by Gasteiger charge is -2.36. The van der Waals surface area contributed by atoms with E-state index in [0.717, 1.165) is 24.1 Å². The van der Waals surface area contributed by atoms with Crippen LogP contribution in [0.15, 0.2) is 6.07 Å². The molecule has 9 heteroatoms. The molecule has 1 aromatic carbocycles. The van der Waals surface area contributed by atoms with Crippen molar-refractivity contribution in [2.75, 3.05) is 39.9 Å². The fourth-order valence-electron chi connectivity index (χ4n) is 3.78. The highest BCUT2D eigenvalue weighted by atomic mass is 32.1. The number of fused-ring (bicyclic) bond motifs is 2. The first-order chi connectivity index (χ1) is 14.0. The van der Waals surface area contributed by atoms with E-state index in [0.29, 0.717) is 38.3 Å². The van der Waals surface area contributed by atoms with Gasteiger partial charge >= 0.3 is 5.97 Å². The fourth-order valence-corrected chi connectivity index (χ4v) is 4.87. The number of nitrogens with zero attached hydrogens (tertiary/aromatic N) is 2. The Morgan fingerprint density at radius 3 is 2.90 bits per heavy atom. The van der Waals surface area contributed by atoms with Crippen molar-refractivity contribution in [1.82, 2.24) is 4.90 Å². The van der Waals surface area contributed by atoms with Crippen molar-refractivity contribution in [3.63, 3.8) is 0 Å². The van der Waals surface area contributed by atoms with Gasteiger partial charge in [-0.3, -0.25) is 4.90 Å². The van der Waals surface area contributed by atoms with E-state index >= 15 is 0 Å². The first kappa shape index (κ1) is 19.4. The van der Waals surface area contributed by atoms with E-state index in [2.05, 4.69) is 16.3 Å². The highest BCUT2D eigenvalue weighted by molar-refractivity contribution is 7.18. The van der Waals surface area contributed by atoms with Gasteiger partial charge in [-0.25, -0.2) is 4.79 Å². The second-order valence-electron chi connectivity index (χ2n) is 6.86. The summed E-state index contributed by atoms with van der Waals surface area (Å²) in [4.78, 5) is 14.6. The average Bonchev–Trinajstić information content (AvgIpc) is 3.31. The fraction of sp³-hybridized carbons (Fsp3) is 0.400. The van der Waals surface area contributed by atoms with Crippen molar-refractivity contribution in [3.8, 4) is 23.3 Å². The number of methoxy groups -OCH3 is 2. The Kier molecular flexibility index (Phi) is 4.98. The molecule has 2 aliphatic rings. The largest absolute Gasteiger partial charge is 0.492 e. The summed E-state index contributed by atoms with van der Waals surface area (Å²) in [6.45, 7) is 2.72. The highest BCUT2D eigenvalue weighted by Gasteiger charge is 2.35. The standard InChI is InChI=1S/C20H21N3O5S/c1-10-12(8-21)19(29-17(10)20(24)26-4)22-18-14-11(5-6-23(18)2)7-13-15(16(14)25-3)28-9-27-13/h7,18,22H,5-6,9H2,1-4H3/t18-/m1/s1. The summed E-state index contributed by atoms with van der Waals surface area (Å²) >= 11 is 1.22. The van der Waals surface area contributed by atoms with Crippen molar-refractivity contribution in [3.05, 3.63) is 33.2 Å². The Labute approximate surface area is 172 Å². The number of carbonyl (C=O) groups is 1. The van der Waals surface area contributed by atoms with E-state index < -0.39 is 5.97 Å². The summed E-state index contributed by atoms with van der Waals surface area (Å²) in [6, 6.07) is 4.20. The molecule has 2 aromatic rings. The quantitative estimate of drug-likeness (QED) is 0.762. The molecular weight excluding hydrogens is 394 g/mol. The molecule has 8 nitrogen and oxygen atoms in total. The Hall–Kier alpha value is -2.96. The number of nitriles is 1. The molecular formula is C20H21N3O5S. The summed E-state index contributed by atoms with van der Waals surface area (Å²) in [5, 5.41) is 13.7. The molecule has 1 N–H and O–H groups in total. The van der Waals surface area contributed by atoms with E-state index in [1.54, 1.807) is 14.0 Å². The van der Waals surface area contributed by atoms with Crippen LogP contribution in [0.2, 0.25) is 0 Å². The number of rotatable bonds is 4. The molecule has 0 saturated heterocycles. The zero-order chi connectivity index (χ0) is 20.7. The number of ether oxygens (including phenoxy) is 4. The minimum atomic E-state index is -0.449. The summed E-state index contributed by atoms with van der Waals surface area (Å²) in [5.74, 6) is 1.45. The normalized spacial score (nSPS) is 17.4. The summed E-state index contributed by atoms with van der Waals surface area (Å²) in [7, 11) is 4.94. The Morgan fingerprint density at radius 2 is 2.21 bits per heavy atom. The molecule has 0 bridgehead atoms. The molecule has 0 aliphatic carbocycles. The minimum absolute atomic E-state index is 0.160. The predicted octanol–water partition coefficient (Wildman–Crippen LogP) is 3.05. The lowest BCUT2D eigenvalue weighted by Crippen LogP contribution is -2.37. The number of nitrogens with one attached hydrogen (secondary N) is 1. The van der Waals surface area contributed by atoms with Crippen LogP contribution in [-0.2, 0) is 11.2 Å². The van der Waals surface area contributed by atoms with Gasteiger partial charge in [-0.2, -0.15) is 5.26 Å². The molecule has 0 radical (unpaired) electrons. The summed E-state index contributed by atoms with van der Waals surface area (Å²) in [6.07, 6.45) is 0.567. The number of anilines is 1. The van der Waals surface area contributed by atoms with Gasteiger partial charge in [-0.15, -0.1) is 11.3 Å². The molecule has 2 aliphatic heterocycles. The van der Waals surface area contributed by atoms with Gasteiger partial charge in [0.05, 0.1) is 19.8 Å². The molecule has 0 spiro atoms. The minimum Gasteiger partial charge on any atom is -0.492 e. The second kappa shape index (κ2) is 7.46. The summed E-state index contributed by atoms with van der Waals surface area (Å²) < 4.78 is 21.7. The van der Waals surface area contributed by atoms with Crippen LogP contribution in [0.3, 0.4) is 0 Å². The molecule has 152 valence electrons. The van der Waals surface area contributed by atoms with Gasteiger partial charge in [-0.05, 0) is 37.6 Å². The maximum atomic E-state index is 12.1. The zero-order valence-corrected chi connectivity index (χ0v) is 17.4. The Balaban J connectivity index is 1.81. The third-order valence-corrected chi connectivity index (χ3v) is 6.50. The molecule has 0 fully saturated rings. The zero-order valence-electron chi connectivity index (χ0n) is 16.6. The van der Waals surface area contributed by atoms with Gasteiger partial charge in [0, 0.05) is 12.1 Å². The number of thiophene rings is 1. The molecule has 3 heterocycles. The molecule has 0 amide bonds. The average molecular weight is 415 g/mol. The second-order valence-corrected chi connectivity index (χ2v) is 7.88. The van der Waals surface area contributed by atoms with Crippen LogP contribution in [0.1, 0.15) is 38.1 Å².